The summed E-state index contributed by atoms with van der Waals surface area (Å²) in [5, 5.41) is 0.660. The summed E-state index contributed by atoms with van der Waals surface area (Å²) < 4.78 is 86.7. The highest BCUT2D eigenvalue weighted by atomic mass is 19.4. The molecule has 1 rings (SSSR count). The van der Waals surface area contributed by atoms with E-state index in [1.54, 1.807) is 0 Å². The van der Waals surface area contributed by atoms with E-state index in [4.69, 9.17) is 0 Å². The first-order valence-corrected chi connectivity index (χ1v) is 5.40. The molecule has 0 bridgehead atoms. The van der Waals surface area contributed by atoms with Crippen LogP contribution in [-0.4, -0.2) is 36.6 Å². The molecule has 0 spiro atoms. The quantitative estimate of drug-likeness (QED) is 0.627. The normalized spacial score (nSPS) is 19.0. The van der Waals surface area contributed by atoms with Crippen molar-refractivity contribution in [2.45, 2.75) is 31.7 Å². The number of esters is 1. The largest absolute Gasteiger partial charge is 0.462 e. The summed E-state index contributed by atoms with van der Waals surface area (Å²) >= 11 is 0. The highest BCUT2D eigenvalue weighted by Gasteiger charge is 2.77. The fraction of sp³-hybridized carbons (Fsp3) is 0.600. The number of nitrogens with one attached hydrogen (secondary N) is 1. The van der Waals surface area contributed by atoms with Gasteiger partial charge in [-0.25, -0.2) is 9.59 Å². The topological polar surface area (TPSA) is 64.6 Å². The maximum absolute atomic E-state index is 13.1. The Hall–Kier alpha value is -1.94. The van der Waals surface area contributed by atoms with Crippen molar-refractivity contribution < 1.29 is 45.4 Å². The average molecular weight is 321 g/mol. The third-order valence-corrected chi connectivity index (χ3v) is 2.59. The van der Waals surface area contributed by atoms with Gasteiger partial charge in [0.25, 0.3) is 5.54 Å². The van der Waals surface area contributed by atoms with E-state index in [-0.39, 0.29) is 0 Å². The lowest BCUT2D eigenvalue weighted by Gasteiger charge is -2.40. The second-order valence-corrected chi connectivity index (χ2v) is 3.91. The second kappa shape index (κ2) is 5.11. The van der Waals surface area contributed by atoms with Crippen LogP contribution in [0.2, 0.25) is 0 Å². The molecule has 0 aromatic rings. The van der Waals surface area contributed by atoms with Crippen LogP contribution in [0.3, 0.4) is 0 Å². The summed E-state index contributed by atoms with van der Waals surface area (Å²) in [4.78, 5) is 22.5. The van der Waals surface area contributed by atoms with Crippen LogP contribution in [0, 0.1) is 0 Å². The van der Waals surface area contributed by atoms with Gasteiger partial charge in [0.05, 0.1) is 6.61 Å². The number of carbonyl (C=O) groups is 2. The molecule has 1 aliphatic rings. The Bertz CT molecular complexity index is 479. The number of halogens is 6. The number of rotatable bonds is 2. The van der Waals surface area contributed by atoms with Crippen molar-refractivity contribution in [3.05, 3.63) is 11.3 Å². The van der Waals surface area contributed by atoms with Gasteiger partial charge in [0.2, 0.25) is 0 Å². The molecule has 0 saturated carbocycles. The lowest BCUT2D eigenvalue weighted by atomic mass is 9.86. The standard InChI is InChI=1S/C10H9F6NO4/c1-3-20-6(18)5-4(2)21-7(19)17-8(5,9(11,12)13)10(14,15)16/h3H2,1-2H3,(H,17,19). The number of allylic oxidation sites excluding steroid dienone is 1. The van der Waals surface area contributed by atoms with Gasteiger partial charge < -0.3 is 9.47 Å². The van der Waals surface area contributed by atoms with Gasteiger partial charge in [-0.05, 0) is 13.8 Å². The maximum Gasteiger partial charge on any atom is 0.425 e. The first kappa shape index (κ1) is 17.1. The van der Waals surface area contributed by atoms with Crippen LogP contribution in [0.15, 0.2) is 11.3 Å². The number of cyclic esters (lactones) is 1. The van der Waals surface area contributed by atoms with Crippen molar-refractivity contribution in [1.29, 1.82) is 0 Å². The Morgan fingerprint density at radius 2 is 1.71 bits per heavy atom. The molecule has 0 aromatic heterocycles. The summed E-state index contributed by atoms with van der Waals surface area (Å²) in [5.41, 5.74) is -6.74. The van der Waals surface area contributed by atoms with Crippen molar-refractivity contribution in [3.63, 3.8) is 0 Å². The predicted octanol–water partition coefficient (Wildman–Crippen LogP) is 2.43. The van der Waals surface area contributed by atoms with E-state index in [1.807, 2.05) is 0 Å². The number of carbonyl (C=O) groups excluding carboxylic acids is 2. The van der Waals surface area contributed by atoms with Crippen molar-refractivity contribution in [2.24, 2.45) is 0 Å². The molecule has 1 amide bonds. The SMILES string of the molecule is CCOC(=O)C1=C(C)OC(=O)NC1(C(F)(F)F)C(F)(F)F. The van der Waals surface area contributed by atoms with E-state index in [0.29, 0.717) is 12.2 Å². The van der Waals surface area contributed by atoms with Crippen LogP contribution in [0.1, 0.15) is 13.8 Å². The van der Waals surface area contributed by atoms with E-state index >= 15 is 0 Å². The summed E-state index contributed by atoms with van der Waals surface area (Å²) in [7, 11) is 0. The van der Waals surface area contributed by atoms with Gasteiger partial charge >= 0.3 is 24.4 Å². The zero-order valence-corrected chi connectivity index (χ0v) is 10.6. The van der Waals surface area contributed by atoms with E-state index in [0.717, 1.165) is 0 Å². The zero-order valence-electron chi connectivity index (χ0n) is 10.6. The van der Waals surface area contributed by atoms with Gasteiger partial charge in [-0.3, -0.25) is 5.32 Å². The average Bonchev–Trinajstić information content (AvgIpc) is 2.24. The van der Waals surface area contributed by atoms with Gasteiger partial charge in [0.15, 0.2) is 0 Å². The van der Waals surface area contributed by atoms with Crippen molar-refractivity contribution >= 4 is 12.1 Å². The first-order chi connectivity index (χ1) is 9.38. The lowest BCUT2D eigenvalue weighted by Crippen LogP contribution is -2.71. The molecule has 1 aliphatic heterocycles. The van der Waals surface area contributed by atoms with E-state index in [9.17, 15) is 35.9 Å². The molecular formula is C10H9F6NO4. The molecule has 0 aliphatic carbocycles. The Labute approximate surface area is 113 Å². The third kappa shape index (κ3) is 2.63. The van der Waals surface area contributed by atoms with E-state index in [2.05, 4.69) is 9.47 Å². The Morgan fingerprint density at radius 1 is 1.24 bits per heavy atom. The zero-order chi connectivity index (χ0) is 16.6. The number of amides is 1. The van der Waals surface area contributed by atoms with Crippen LogP contribution in [0.4, 0.5) is 31.1 Å². The van der Waals surface area contributed by atoms with Crippen molar-refractivity contribution in [3.8, 4) is 0 Å². The van der Waals surface area contributed by atoms with E-state index < -0.39 is 47.9 Å². The van der Waals surface area contributed by atoms with Crippen molar-refractivity contribution in [1.82, 2.24) is 5.32 Å². The minimum absolute atomic E-state index is 0.463. The van der Waals surface area contributed by atoms with Crippen LogP contribution in [0.5, 0.6) is 0 Å². The number of hydrogen-bond acceptors (Lipinski definition) is 4. The summed E-state index contributed by atoms with van der Waals surface area (Å²) in [6.45, 7) is 1.37. The van der Waals surface area contributed by atoms with Crippen LogP contribution in [-0.2, 0) is 14.3 Å². The summed E-state index contributed by atoms with van der Waals surface area (Å²) in [6, 6.07) is 0. The van der Waals surface area contributed by atoms with Gasteiger partial charge in [0.1, 0.15) is 11.3 Å². The molecule has 0 unspecified atom stereocenters. The summed E-state index contributed by atoms with van der Waals surface area (Å²) in [6.07, 6.45) is -14.0. The fourth-order valence-electron chi connectivity index (χ4n) is 1.78. The minimum Gasteiger partial charge on any atom is -0.462 e. The highest BCUT2D eigenvalue weighted by molar-refractivity contribution is 5.95. The molecule has 11 heteroatoms. The Morgan fingerprint density at radius 3 is 2.10 bits per heavy atom. The third-order valence-electron chi connectivity index (χ3n) is 2.59. The molecule has 0 fully saturated rings. The smallest absolute Gasteiger partial charge is 0.425 e. The molecule has 0 aromatic carbocycles. The van der Waals surface area contributed by atoms with Crippen LogP contribution < -0.4 is 5.32 Å². The molecule has 0 atom stereocenters. The Kier molecular flexibility index (Phi) is 4.17. The van der Waals surface area contributed by atoms with Crippen LogP contribution >= 0.6 is 0 Å². The van der Waals surface area contributed by atoms with E-state index in [1.165, 1.54) is 6.92 Å². The minimum atomic E-state index is -6.03. The monoisotopic (exact) mass is 321 g/mol. The molecule has 0 saturated heterocycles. The van der Waals surface area contributed by atoms with Gasteiger partial charge in [-0.1, -0.05) is 0 Å². The van der Waals surface area contributed by atoms with Gasteiger partial charge in [-0.15, -0.1) is 0 Å². The fourth-order valence-corrected chi connectivity index (χ4v) is 1.78. The predicted molar refractivity (Wildman–Crippen MR) is 53.8 cm³/mol. The maximum atomic E-state index is 13.1. The molecule has 21 heavy (non-hydrogen) atoms. The van der Waals surface area contributed by atoms with Gasteiger partial charge in [0, 0.05) is 0 Å². The second-order valence-electron chi connectivity index (χ2n) is 3.91. The van der Waals surface area contributed by atoms with Gasteiger partial charge in [-0.2, -0.15) is 26.3 Å². The number of alkyl halides is 6. The molecule has 120 valence electrons. The molecule has 5 nitrogen and oxygen atoms in total. The highest BCUT2D eigenvalue weighted by Crippen LogP contribution is 2.50. The van der Waals surface area contributed by atoms with Crippen molar-refractivity contribution in [2.75, 3.05) is 6.61 Å². The molecule has 1 heterocycles. The lowest BCUT2D eigenvalue weighted by molar-refractivity contribution is -0.294. The summed E-state index contributed by atoms with van der Waals surface area (Å²) in [5.74, 6) is -3.02. The number of ether oxygens (including phenoxy) is 2. The molecule has 1 N–H and O–H groups in total. The molecular weight excluding hydrogens is 312 g/mol. The number of hydrogen-bond donors (Lipinski definition) is 1. The Balaban J connectivity index is 3.68. The first-order valence-electron chi connectivity index (χ1n) is 5.40. The molecule has 0 radical (unpaired) electrons. The number of alkyl carbamates (subject to hydrolysis) is 1. The van der Waals surface area contributed by atoms with Crippen LogP contribution in [0.25, 0.3) is 0 Å².